The molecule has 2 N–H and O–H groups in total. The second-order valence-corrected chi connectivity index (χ2v) is 13.1. The van der Waals surface area contributed by atoms with Crippen molar-refractivity contribution in [2.75, 3.05) is 52.5 Å². The third kappa shape index (κ3) is 10.7. The van der Waals surface area contributed by atoms with E-state index in [-0.39, 0.29) is 12.5 Å². The van der Waals surface area contributed by atoms with E-state index < -0.39 is 17.0 Å². The summed E-state index contributed by atoms with van der Waals surface area (Å²) < 4.78 is 10.6. The van der Waals surface area contributed by atoms with Gasteiger partial charge in [0.25, 0.3) is 5.91 Å². The first-order chi connectivity index (χ1) is 19.0. The van der Waals surface area contributed by atoms with Crippen LogP contribution >= 0.6 is 21.6 Å². The van der Waals surface area contributed by atoms with Crippen LogP contribution < -0.4 is 10.6 Å². The van der Waals surface area contributed by atoms with Crippen molar-refractivity contribution in [3.63, 3.8) is 0 Å². The lowest BCUT2D eigenvalue weighted by molar-refractivity contribution is -0.122. The topological polar surface area (TPSA) is 119 Å². The van der Waals surface area contributed by atoms with Crippen LogP contribution in [0.15, 0.2) is 4.99 Å². The Morgan fingerprint density at radius 2 is 1.77 bits per heavy atom. The standard InChI is InChI=1S/C27H46N6O4S2/c1-3-14-32-15-12-27(21-28,13-16-32)31-23(34)24(39-38-22-10-8-6-5-7-9-11-22)29-25(30-26(35)37-4-2)33-17-19-36-20-18-33/h22,24H,3-20H2,1-2H3,(H,31,34)(H,29,30,35). The Morgan fingerprint density at radius 3 is 2.38 bits per heavy atom. The summed E-state index contributed by atoms with van der Waals surface area (Å²) in [6, 6.07) is 2.41. The highest BCUT2D eigenvalue weighted by Gasteiger charge is 2.38. The molecule has 220 valence electrons. The number of carbonyl (C=O) groups excluding carboxylic acids is 2. The van der Waals surface area contributed by atoms with Gasteiger partial charge >= 0.3 is 6.09 Å². The third-order valence-corrected chi connectivity index (χ3v) is 10.5. The number of rotatable bonds is 9. The van der Waals surface area contributed by atoms with E-state index in [0.717, 1.165) is 38.9 Å². The Morgan fingerprint density at radius 1 is 1.10 bits per heavy atom. The summed E-state index contributed by atoms with van der Waals surface area (Å²) in [4.78, 5) is 35.3. The molecule has 1 saturated carbocycles. The van der Waals surface area contributed by atoms with Crippen molar-refractivity contribution in [1.29, 1.82) is 5.26 Å². The zero-order chi connectivity index (χ0) is 27.9. The first-order valence-corrected chi connectivity index (χ1v) is 16.9. The molecule has 39 heavy (non-hydrogen) atoms. The van der Waals surface area contributed by atoms with E-state index in [9.17, 15) is 14.9 Å². The minimum Gasteiger partial charge on any atom is -0.450 e. The summed E-state index contributed by atoms with van der Waals surface area (Å²) in [5.41, 5.74) is -0.908. The van der Waals surface area contributed by atoms with Gasteiger partial charge in [-0.05, 0) is 45.6 Å². The van der Waals surface area contributed by atoms with E-state index in [4.69, 9.17) is 14.5 Å². The van der Waals surface area contributed by atoms with Gasteiger partial charge < -0.3 is 24.6 Å². The van der Waals surface area contributed by atoms with E-state index in [2.05, 4.69) is 28.5 Å². The molecule has 1 unspecified atom stereocenters. The number of alkyl carbamates (subject to hydrolysis) is 1. The molecule has 10 nitrogen and oxygen atoms in total. The Balaban J connectivity index is 1.79. The van der Waals surface area contributed by atoms with E-state index in [1.165, 1.54) is 42.9 Å². The molecule has 12 heteroatoms. The minimum atomic E-state index is -0.908. The number of nitriles is 1. The van der Waals surface area contributed by atoms with Crippen LogP contribution in [0, 0.1) is 11.3 Å². The highest BCUT2D eigenvalue weighted by atomic mass is 33.1. The number of guanidine groups is 1. The zero-order valence-electron chi connectivity index (χ0n) is 23.6. The molecule has 2 heterocycles. The molecular formula is C27H46N6O4S2. The van der Waals surface area contributed by atoms with Crippen molar-refractivity contribution < 1.29 is 19.1 Å². The number of nitrogens with zero attached hydrogens (tertiary/aromatic N) is 4. The summed E-state index contributed by atoms with van der Waals surface area (Å²) in [5, 5.41) is 15.6. The van der Waals surface area contributed by atoms with Crippen molar-refractivity contribution in [2.24, 2.45) is 4.99 Å². The summed E-state index contributed by atoms with van der Waals surface area (Å²) in [7, 11) is 3.16. The quantitative estimate of drug-likeness (QED) is 0.235. The molecule has 2 amide bonds. The van der Waals surface area contributed by atoms with Gasteiger partial charge in [0.1, 0.15) is 5.54 Å². The lowest BCUT2D eigenvalue weighted by Gasteiger charge is -2.38. The number of aliphatic imine (C=N–C) groups is 1. The van der Waals surface area contributed by atoms with Crippen LogP contribution in [-0.2, 0) is 14.3 Å². The SMILES string of the molecule is CCCN1CCC(C#N)(NC(=O)C(N=C(NC(=O)OCC)N2CCOCC2)SSC2CCCCCCC2)CC1. The van der Waals surface area contributed by atoms with E-state index in [1.807, 2.05) is 4.90 Å². The number of hydrogen-bond donors (Lipinski definition) is 2. The monoisotopic (exact) mass is 582 g/mol. The molecule has 0 aromatic heterocycles. The number of piperidine rings is 1. The first-order valence-electron chi connectivity index (χ1n) is 14.6. The molecule has 0 aromatic carbocycles. The van der Waals surface area contributed by atoms with Crippen molar-refractivity contribution in [1.82, 2.24) is 20.4 Å². The normalized spacial score (nSPS) is 22.2. The van der Waals surface area contributed by atoms with Crippen molar-refractivity contribution >= 4 is 39.5 Å². The van der Waals surface area contributed by atoms with Crippen LogP contribution in [-0.4, -0.2) is 96.5 Å². The lowest BCUT2D eigenvalue weighted by atomic mass is 9.88. The average molecular weight is 583 g/mol. The minimum absolute atomic E-state index is 0.234. The summed E-state index contributed by atoms with van der Waals surface area (Å²) >= 11 is 0. The van der Waals surface area contributed by atoms with E-state index in [0.29, 0.717) is 50.4 Å². The molecule has 3 rings (SSSR count). The highest BCUT2D eigenvalue weighted by Crippen LogP contribution is 2.38. The van der Waals surface area contributed by atoms with Crippen molar-refractivity contribution in [3.05, 3.63) is 0 Å². The van der Waals surface area contributed by atoms with Crippen molar-refractivity contribution in [3.8, 4) is 6.07 Å². The molecule has 3 fully saturated rings. The van der Waals surface area contributed by atoms with Crippen LogP contribution in [0.5, 0.6) is 0 Å². The zero-order valence-corrected chi connectivity index (χ0v) is 25.3. The fourth-order valence-electron chi connectivity index (χ4n) is 5.14. The van der Waals surface area contributed by atoms with Gasteiger partial charge in [0, 0.05) is 31.4 Å². The lowest BCUT2D eigenvalue weighted by Crippen LogP contribution is -2.56. The molecule has 2 aliphatic heterocycles. The first kappa shape index (κ1) is 31.8. The van der Waals surface area contributed by atoms with Gasteiger partial charge in [-0.15, -0.1) is 0 Å². The Kier molecular flexibility index (Phi) is 14.0. The number of hydrogen-bond acceptors (Lipinski definition) is 9. The second kappa shape index (κ2) is 17.2. The summed E-state index contributed by atoms with van der Waals surface area (Å²) in [5.74, 6) is 0.0201. The molecular weight excluding hydrogens is 536 g/mol. The van der Waals surface area contributed by atoms with E-state index >= 15 is 0 Å². The summed E-state index contributed by atoms with van der Waals surface area (Å²) in [6.45, 7) is 8.81. The molecule has 0 radical (unpaired) electrons. The number of nitrogens with one attached hydrogen (secondary N) is 2. The maximum atomic E-state index is 13.8. The van der Waals surface area contributed by atoms with Crippen LogP contribution in [0.2, 0.25) is 0 Å². The van der Waals surface area contributed by atoms with E-state index in [1.54, 1.807) is 17.7 Å². The number of carbonyl (C=O) groups is 2. The van der Waals surface area contributed by atoms with Gasteiger partial charge in [-0.3, -0.25) is 10.1 Å². The molecule has 1 atom stereocenters. The molecule has 1 aliphatic carbocycles. The van der Waals surface area contributed by atoms with Gasteiger partial charge in [0.05, 0.1) is 25.9 Å². The van der Waals surface area contributed by atoms with Crippen LogP contribution in [0.25, 0.3) is 0 Å². The van der Waals surface area contributed by atoms with Crippen molar-refractivity contribution in [2.45, 2.75) is 94.2 Å². The predicted octanol–water partition coefficient (Wildman–Crippen LogP) is 4.13. The Labute approximate surface area is 241 Å². The van der Waals surface area contributed by atoms with Gasteiger partial charge in [0.2, 0.25) is 5.96 Å². The largest absolute Gasteiger partial charge is 0.450 e. The smallest absolute Gasteiger partial charge is 0.413 e. The van der Waals surface area contributed by atoms with Gasteiger partial charge in [-0.2, -0.15) is 5.26 Å². The fourth-order valence-corrected chi connectivity index (χ4v) is 7.98. The molecule has 2 saturated heterocycles. The van der Waals surface area contributed by atoms with Gasteiger partial charge in [-0.25, -0.2) is 9.79 Å². The second-order valence-electron chi connectivity index (χ2n) is 10.4. The molecule has 3 aliphatic rings. The Bertz CT molecular complexity index is 833. The predicted molar refractivity (Wildman–Crippen MR) is 158 cm³/mol. The molecule has 0 bridgehead atoms. The van der Waals surface area contributed by atoms with Crippen LogP contribution in [0.1, 0.15) is 78.1 Å². The highest BCUT2D eigenvalue weighted by molar-refractivity contribution is 8.77. The number of amides is 2. The molecule has 0 spiro atoms. The van der Waals surface area contributed by atoms with Gasteiger partial charge in [-0.1, -0.05) is 60.6 Å². The third-order valence-electron chi connectivity index (χ3n) is 7.42. The number of likely N-dealkylation sites (tertiary alicyclic amines) is 1. The maximum absolute atomic E-state index is 13.8. The van der Waals surface area contributed by atoms with Crippen LogP contribution in [0.4, 0.5) is 4.79 Å². The number of ether oxygens (including phenoxy) is 2. The summed E-state index contributed by atoms with van der Waals surface area (Å²) in [6.07, 6.45) is 10.1. The van der Waals surface area contributed by atoms with Crippen LogP contribution in [0.3, 0.4) is 0 Å². The average Bonchev–Trinajstić information content (AvgIpc) is 2.93. The fraction of sp³-hybridized carbons (Fsp3) is 0.852. The Hall–Kier alpha value is -1.68. The van der Waals surface area contributed by atoms with Gasteiger partial charge in [0.15, 0.2) is 5.37 Å². The number of morpholine rings is 1. The maximum Gasteiger partial charge on any atom is 0.413 e. The molecule has 0 aromatic rings.